The van der Waals surface area contributed by atoms with Crippen molar-refractivity contribution in [3.63, 3.8) is 0 Å². The third-order valence-electron chi connectivity index (χ3n) is 2.99. The highest BCUT2D eigenvalue weighted by atomic mass is 16.3. The summed E-state index contributed by atoms with van der Waals surface area (Å²) in [7, 11) is 4.06. The predicted octanol–water partition coefficient (Wildman–Crippen LogP) is 0.623. The molecule has 0 atom stereocenters. The quantitative estimate of drug-likeness (QED) is 0.790. The van der Waals surface area contributed by atoms with Crippen LogP contribution in [0.1, 0.15) is 18.4 Å². The molecule has 4 heteroatoms. The second-order valence-electron chi connectivity index (χ2n) is 4.71. The van der Waals surface area contributed by atoms with Crippen molar-refractivity contribution in [2.75, 3.05) is 13.6 Å². The van der Waals surface area contributed by atoms with Gasteiger partial charge in [-0.2, -0.15) is 5.10 Å². The van der Waals surface area contributed by atoms with E-state index in [-0.39, 0.29) is 6.10 Å². The van der Waals surface area contributed by atoms with Crippen molar-refractivity contribution in [2.45, 2.75) is 25.5 Å². The molecule has 0 unspecified atom stereocenters. The van der Waals surface area contributed by atoms with Gasteiger partial charge in [0.2, 0.25) is 0 Å². The average molecular weight is 209 g/mol. The molecule has 15 heavy (non-hydrogen) atoms. The summed E-state index contributed by atoms with van der Waals surface area (Å²) < 4.78 is 1.83. The van der Waals surface area contributed by atoms with Gasteiger partial charge in [0, 0.05) is 31.9 Å². The van der Waals surface area contributed by atoms with Crippen LogP contribution < -0.4 is 0 Å². The summed E-state index contributed by atoms with van der Waals surface area (Å²) in [6.45, 7) is 2.02. The van der Waals surface area contributed by atoms with Gasteiger partial charge in [0.25, 0.3) is 0 Å². The molecule has 1 aliphatic rings. The van der Waals surface area contributed by atoms with E-state index in [9.17, 15) is 5.11 Å². The van der Waals surface area contributed by atoms with Crippen LogP contribution in [0.5, 0.6) is 0 Å². The standard InChI is InChI=1S/C11H19N3O/c1-13(6-9-3-11(15)4-9)7-10-5-12-14(2)8-10/h5,8-9,11,15H,3-4,6-7H2,1-2H3. The minimum Gasteiger partial charge on any atom is -0.393 e. The normalized spacial score (nSPS) is 25.6. The number of hydrogen-bond donors (Lipinski definition) is 1. The third kappa shape index (κ3) is 2.79. The van der Waals surface area contributed by atoms with Crippen LogP contribution in [-0.2, 0) is 13.6 Å². The summed E-state index contributed by atoms with van der Waals surface area (Å²) in [6, 6.07) is 0. The maximum absolute atomic E-state index is 9.19. The van der Waals surface area contributed by atoms with Gasteiger partial charge in [-0.05, 0) is 25.8 Å². The van der Waals surface area contributed by atoms with Gasteiger partial charge in [0.15, 0.2) is 0 Å². The van der Waals surface area contributed by atoms with Crippen molar-refractivity contribution < 1.29 is 5.11 Å². The Balaban J connectivity index is 1.75. The highest BCUT2D eigenvalue weighted by molar-refractivity contribution is 5.03. The van der Waals surface area contributed by atoms with Crippen LogP contribution in [0.4, 0.5) is 0 Å². The van der Waals surface area contributed by atoms with Crippen LogP contribution in [0.3, 0.4) is 0 Å². The number of hydrogen-bond acceptors (Lipinski definition) is 3. The van der Waals surface area contributed by atoms with Crippen molar-refractivity contribution in [3.05, 3.63) is 18.0 Å². The van der Waals surface area contributed by atoms with E-state index >= 15 is 0 Å². The Kier molecular flexibility index (Phi) is 3.07. The minimum absolute atomic E-state index is 0.0400. The fraction of sp³-hybridized carbons (Fsp3) is 0.727. The monoisotopic (exact) mass is 209 g/mol. The molecular weight excluding hydrogens is 190 g/mol. The fourth-order valence-corrected chi connectivity index (χ4v) is 2.22. The molecule has 2 rings (SSSR count). The van der Waals surface area contributed by atoms with Crippen molar-refractivity contribution in [1.82, 2.24) is 14.7 Å². The molecule has 1 heterocycles. The van der Waals surface area contributed by atoms with E-state index < -0.39 is 0 Å². The average Bonchev–Trinajstić information content (AvgIpc) is 2.48. The second-order valence-corrected chi connectivity index (χ2v) is 4.71. The molecule has 0 aliphatic heterocycles. The van der Waals surface area contributed by atoms with Gasteiger partial charge in [-0.25, -0.2) is 0 Å². The molecular formula is C11H19N3O. The lowest BCUT2D eigenvalue weighted by molar-refractivity contribution is 0.0274. The summed E-state index contributed by atoms with van der Waals surface area (Å²) in [5.74, 6) is 0.682. The minimum atomic E-state index is -0.0400. The number of nitrogens with zero attached hydrogens (tertiary/aromatic N) is 3. The third-order valence-corrected chi connectivity index (χ3v) is 2.99. The molecule has 0 saturated heterocycles. The lowest BCUT2D eigenvalue weighted by atomic mass is 9.82. The fourth-order valence-electron chi connectivity index (χ4n) is 2.22. The predicted molar refractivity (Wildman–Crippen MR) is 58.3 cm³/mol. The lowest BCUT2D eigenvalue weighted by Crippen LogP contribution is -2.36. The Labute approximate surface area is 90.5 Å². The van der Waals surface area contributed by atoms with Crippen molar-refractivity contribution >= 4 is 0 Å². The van der Waals surface area contributed by atoms with Gasteiger partial charge in [0.05, 0.1) is 12.3 Å². The molecule has 4 nitrogen and oxygen atoms in total. The molecule has 0 amide bonds. The number of aliphatic hydroxyl groups excluding tert-OH is 1. The summed E-state index contributed by atoms with van der Waals surface area (Å²) in [4.78, 5) is 2.30. The van der Waals surface area contributed by atoms with Crippen LogP contribution >= 0.6 is 0 Å². The van der Waals surface area contributed by atoms with E-state index in [1.165, 1.54) is 5.56 Å². The Morgan fingerprint density at radius 1 is 1.60 bits per heavy atom. The molecule has 1 N–H and O–H groups in total. The van der Waals surface area contributed by atoms with E-state index in [4.69, 9.17) is 0 Å². The smallest absolute Gasteiger partial charge is 0.0546 e. The van der Waals surface area contributed by atoms with E-state index in [1.807, 2.05) is 24.1 Å². The van der Waals surface area contributed by atoms with Crippen molar-refractivity contribution in [3.8, 4) is 0 Å². The van der Waals surface area contributed by atoms with Crippen molar-refractivity contribution in [2.24, 2.45) is 13.0 Å². The first-order valence-corrected chi connectivity index (χ1v) is 5.47. The van der Waals surface area contributed by atoms with Gasteiger partial charge in [0.1, 0.15) is 0 Å². The molecule has 1 aromatic heterocycles. The van der Waals surface area contributed by atoms with Gasteiger partial charge < -0.3 is 10.0 Å². The van der Waals surface area contributed by atoms with Crippen LogP contribution in [-0.4, -0.2) is 39.5 Å². The summed E-state index contributed by atoms with van der Waals surface area (Å²) in [5, 5.41) is 13.3. The van der Waals surface area contributed by atoms with Gasteiger partial charge in [-0.15, -0.1) is 0 Å². The molecule has 0 radical (unpaired) electrons. The van der Waals surface area contributed by atoms with Gasteiger partial charge in [-0.1, -0.05) is 0 Å². The zero-order valence-electron chi connectivity index (χ0n) is 9.43. The number of rotatable bonds is 4. The Morgan fingerprint density at radius 2 is 2.33 bits per heavy atom. The number of aliphatic hydroxyl groups is 1. The molecule has 1 saturated carbocycles. The maximum Gasteiger partial charge on any atom is 0.0546 e. The first kappa shape index (κ1) is 10.6. The zero-order valence-corrected chi connectivity index (χ0v) is 9.43. The van der Waals surface area contributed by atoms with Gasteiger partial charge in [-0.3, -0.25) is 4.68 Å². The molecule has 0 bridgehead atoms. The number of aromatic nitrogens is 2. The Hall–Kier alpha value is -0.870. The maximum atomic E-state index is 9.19. The number of aryl methyl sites for hydroxylation is 1. The van der Waals surface area contributed by atoms with Gasteiger partial charge >= 0.3 is 0 Å². The summed E-state index contributed by atoms with van der Waals surface area (Å²) in [5.41, 5.74) is 1.25. The lowest BCUT2D eigenvalue weighted by Gasteiger charge is -2.34. The van der Waals surface area contributed by atoms with Crippen LogP contribution in [0.15, 0.2) is 12.4 Å². The molecule has 1 aliphatic carbocycles. The van der Waals surface area contributed by atoms with Crippen molar-refractivity contribution in [1.29, 1.82) is 0 Å². The van der Waals surface area contributed by atoms with Crippen LogP contribution in [0.2, 0.25) is 0 Å². The van der Waals surface area contributed by atoms with E-state index in [0.717, 1.165) is 25.9 Å². The first-order valence-electron chi connectivity index (χ1n) is 5.47. The van der Waals surface area contributed by atoms with E-state index in [2.05, 4.69) is 17.0 Å². The topological polar surface area (TPSA) is 41.3 Å². The Bertz CT molecular complexity index is 317. The molecule has 0 aromatic carbocycles. The summed E-state index contributed by atoms with van der Waals surface area (Å²) in [6.07, 6.45) is 5.86. The van der Waals surface area contributed by atoms with E-state index in [1.54, 1.807) is 0 Å². The molecule has 84 valence electrons. The largest absolute Gasteiger partial charge is 0.393 e. The van der Waals surface area contributed by atoms with E-state index in [0.29, 0.717) is 5.92 Å². The SMILES string of the molecule is CN(Cc1cnn(C)c1)CC1CC(O)C1. The van der Waals surface area contributed by atoms with Crippen LogP contribution in [0, 0.1) is 5.92 Å². The second kappa shape index (κ2) is 4.33. The molecule has 1 fully saturated rings. The van der Waals surface area contributed by atoms with Crippen LogP contribution in [0.25, 0.3) is 0 Å². The Morgan fingerprint density at radius 3 is 2.87 bits per heavy atom. The summed E-state index contributed by atoms with van der Waals surface area (Å²) >= 11 is 0. The molecule has 1 aromatic rings. The first-order chi connectivity index (χ1) is 7.13. The highest BCUT2D eigenvalue weighted by Gasteiger charge is 2.27. The highest BCUT2D eigenvalue weighted by Crippen LogP contribution is 2.27. The molecule has 0 spiro atoms. The zero-order chi connectivity index (χ0) is 10.8.